The summed E-state index contributed by atoms with van der Waals surface area (Å²) in [7, 11) is 1.98. The van der Waals surface area contributed by atoms with Gasteiger partial charge in [0.25, 0.3) is 0 Å². The Morgan fingerprint density at radius 2 is 1.95 bits per heavy atom. The normalized spacial score (nSPS) is 17.9. The second kappa shape index (κ2) is 5.68. The molecule has 1 aromatic heterocycles. The Kier molecular flexibility index (Phi) is 3.92. The largest absolute Gasteiger partial charge is 0.313 e. The van der Waals surface area contributed by atoms with E-state index in [0.717, 1.165) is 30.5 Å². The summed E-state index contributed by atoms with van der Waals surface area (Å²) in [5.74, 6) is 0.685. The van der Waals surface area contributed by atoms with Crippen LogP contribution in [0, 0.1) is 0 Å². The molecule has 1 aliphatic rings. The van der Waals surface area contributed by atoms with Gasteiger partial charge in [-0.25, -0.2) is 9.97 Å². The molecule has 3 rings (SSSR count). The number of rotatable bonds is 2. The number of aromatic nitrogens is 2. The lowest BCUT2D eigenvalue weighted by molar-refractivity contribution is 0.488. The number of benzene rings is 1. The first-order chi connectivity index (χ1) is 9.67. The number of nitrogens with zero attached hydrogens (tertiary/aromatic N) is 2. The van der Waals surface area contributed by atoms with Crippen LogP contribution in [0.15, 0.2) is 24.4 Å². The van der Waals surface area contributed by atoms with Crippen molar-refractivity contribution in [3.63, 3.8) is 0 Å². The molecule has 20 heavy (non-hydrogen) atoms. The molecule has 0 spiro atoms. The first-order valence-corrected chi connectivity index (χ1v) is 7.42. The van der Waals surface area contributed by atoms with Gasteiger partial charge in [-0.2, -0.15) is 0 Å². The van der Waals surface area contributed by atoms with Crippen LogP contribution in [0.3, 0.4) is 0 Å². The Morgan fingerprint density at radius 1 is 1.20 bits per heavy atom. The van der Waals surface area contributed by atoms with Crippen molar-refractivity contribution in [2.45, 2.75) is 25.3 Å². The van der Waals surface area contributed by atoms with Crippen LogP contribution in [0.4, 0.5) is 0 Å². The Bertz CT molecular complexity index is 623. The molecule has 1 aliphatic carbocycles. The molecular weight excluding hydrogens is 293 g/mol. The summed E-state index contributed by atoms with van der Waals surface area (Å²) in [4.78, 5) is 9.17. The highest BCUT2D eigenvalue weighted by atomic mass is 35.5. The van der Waals surface area contributed by atoms with Crippen molar-refractivity contribution in [1.82, 2.24) is 15.3 Å². The van der Waals surface area contributed by atoms with Crippen LogP contribution >= 0.6 is 23.2 Å². The molecule has 1 atom stereocenters. The summed E-state index contributed by atoms with van der Waals surface area (Å²) in [6.45, 7) is 0. The zero-order chi connectivity index (χ0) is 14.1. The minimum absolute atomic E-state index is 0.357. The van der Waals surface area contributed by atoms with Gasteiger partial charge in [0.15, 0.2) is 5.82 Å². The van der Waals surface area contributed by atoms with Crippen LogP contribution in [0.5, 0.6) is 0 Å². The fraction of sp³-hybridized carbons (Fsp3) is 0.333. The van der Waals surface area contributed by atoms with Gasteiger partial charge in [-0.1, -0.05) is 23.2 Å². The van der Waals surface area contributed by atoms with Crippen molar-refractivity contribution < 1.29 is 0 Å². The van der Waals surface area contributed by atoms with Crippen LogP contribution < -0.4 is 5.32 Å². The fourth-order valence-corrected chi connectivity index (χ4v) is 3.19. The fourth-order valence-electron chi connectivity index (χ4n) is 2.67. The standard InChI is InChI=1S/C15H15Cl2N3/c1-18-13-3-2-4-14-12(13)8-19-15(20-14)9-5-10(16)7-11(17)6-9/h5-8,13,18H,2-4H2,1H3. The number of nitrogens with one attached hydrogen (secondary N) is 1. The molecule has 0 bridgehead atoms. The molecular formula is C15H15Cl2N3. The van der Waals surface area contributed by atoms with E-state index in [2.05, 4.69) is 10.3 Å². The molecule has 1 heterocycles. The smallest absolute Gasteiger partial charge is 0.159 e. The van der Waals surface area contributed by atoms with Gasteiger partial charge >= 0.3 is 0 Å². The van der Waals surface area contributed by atoms with Gasteiger partial charge < -0.3 is 5.32 Å². The summed E-state index contributed by atoms with van der Waals surface area (Å²) in [5, 5.41) is 4.51. The minimum atomic E-state index is 0.357. The van der Waals surface area contributed by atoms with Crippen molar-refractivity contribution in [1.29, 1.82) is 0 Å². The lowest BCUT2D eigenvalue weighted by Gasteiger charge is -2.24. The minimum Gasteiger partial charge on any atom is -0.313 e. The van der Waals surface area contributed by atoms with E-state index in [-0.39, 0.29) is 0 Å². The number of aryl methyl sites for hydroxylation is 1. The maximum Gasteiger partial charge on any atom is 0.159 e. The van der Waals surface area contributed by atoms with E-state index in [1.165, 1.54) is 5.56 Å². The molecule has 0 saturated carbocycles. The summed E-state index contributed by atoms with van der Waals surface area (Å²) < 4.78 is 0. The second-order valence-corrected chi connectivity index (χ2v) is 5.86. The number of hydrogen-bond acceptors (Lipinski definition) is 3. The van der Waals surface area contributed by atoms with Gasteiger partial charge in [-0.05, 0) is 44.5 Å². The van der Waals surface area contributed by atoms with Crippen molar-refractivity contribution in [2.24, 2.45) is 0 Å². The van der Waals surface area contributed by atoms with Gasteiger partial charge in [-0.3, -0.25) is 0 Å². The molecule has 0 saturated heterocycles. The quantitative estimate of drug-likeness (QED) is 0.909. The highest BCUT2D eigenvalue weighted by molar-refractivity contribution is 6.35. The van der Waals surface area contributed by atoms with Crippen molar-refractivity contribution in [3.05, 3.63) is 45.7 Å². The van der Waals surface area contributed by atoms with E-state index < -0.39 is 0 Å². The van der Waals surface area contributed by atoms with Gasteiger partial charge in [0.05, 0.1) is 0 Å². The maximum atomic E-state index is 6.04. The molecule has 0 radical (unpaired) electrons. The highest BCUT2D eigenvalue weighted by Gasteiger charge is 2.21. The van der Waals surface area contributed by atoms with Crippen molar-refractivity contribution in [3.8, 4) is 11.4 Å². The molecule has 3 nitrogen and oxygen atoms in total. The van der Waals surface area contributed by atoms with Crippen LogP contribution in [-0.4, -0.2) is 17.0 Å². The topological polar surface area (TPSA) is 37.8 Å². The van der Waals surface area contributed by atoms with E-state index in [9.17, 15) is 0 Å². The average molecular weight is 308 g/mol. The first-order valence-electron chi connectivity index (χ1n) is 6.67. The van der Waals surface area contributed by atoms with Crippen LogP contribution in [0.2, 0.25) is 10.0 Å². The molecule has 1 aromatic carbocycles. The van der Waals surface area contributed by atoms with Gasteiger partial charge in [0.1, 0.15) is 0 Å². The van der Waals surface area contributed by atoms with E-state index in [0.29, 0.717) is 21.9 Å². The molecule has 5 heteroatoms. The molecule has 1 N–H and O–H groups in total. The van der Waals surface area contributed by atoms with Crippen LogP contribution in [0.25, 0.3) is 11.4 Å². The number of hydrogen-bond donors (Lipinski definition) is 1. The Labute approximate surface area is 128 Å². The average Bonchev–Trinajstić information content (AvgIpc) is 2.45. The SMILES string of the molecule is CNC1CCCc2nc(-c3cc(Cl)cc(Cl)c3)ncc21. The molecule has 1 unspecified atom stereocenters. The Hall–Kier alpha value is -1.16. The highest BCUT2D eigenvalue weighted by Crippen LogP contribution is 2.30. The van der Waals surface area contributed by atoms with Gasteiger partial charge in [-0.15, -0.1) is 0 Å². The second-order valence-electron chi connectivity index (χ2n) is 4.99. The Morgan fingerprint density at radius 3 is 2.65 bits per heavy atom. The zero-order valence-electron chi connectivity index (χ0n) is 11.2. The zero-order valence-corrected chi connectivity index (χ0v) is 12.7. The summed E-state index contributed by atoms with van der Waals surface area (Å²) in [6.07, 6.45) is 5.20. The summed E-state index contributed by atoms with van der Waals surface area (Å²) >= 11 is 12.1. The third-order valence-corrected chi connectivity index (χ3v) is 4.09. The van der Waals surface area contributed by atoms with Crippen LogP contribution in [0.1, 0.15) is 30.1 Å². The van der Waals surface area contributed by atoms with Crippen molar-refractivity contribution >= 4 is 23.2 Å². The summed E-state index contributed by atoms with van der Waals surface area (Å²) in [5.41, 5.74) is 3.18. The summed E-state index contributed by atoms with van der Waals surface area (Å²) in [6, 6.07) is 5.75. The molecule has 104 valence electrons. The number of halogens is 2. The predicted octanol–water partition coefficient (Wildman–Crippen LogP) is 4.05. The van der Waals surface area contributed by atoms with E-state index >= 15 is 0 Å². The third kappa shape index (κ3) is 2.66. The number of fused-ring (bicyclic) bond motifs is 1. The predicted molar refractivity (Wildman–Crippen MR) is 82.2 cm³/mol. The lowest BCUT2D eigenvalue weighted by atomic mass is 9.92. The van der Waals surface area contributed by atoms with Crippen LogP contribution in [-0.2, 0) is 6.42 Å². The van der Waals surface area contributed by atoms with E-state index in [1.54, 1.807) is 6.07 Å². The molecule has 0 aliphatic heterocycles. The monoisotopic (exact) mass is 307 g/mol. The Balaban J connectivity index is 2.04. The maximum absolute atomic E-state index is 6.04. The van der Waals surface area contributed by atoms with E-state index in [4.69, 9.17) is 28.2 Å². The third-order valence-electron chi connectivity index (χ3n) is 3.65. The molecule has 0 fully saturated rings. The van der Waals surface area contributed by atoms with Crippen molar-refractivity contribution in [2.75, 3.05) is 7.05 Å². The first kappa shape index (κ1) is 13.8. The lowest BCUT2D eigenvalue weighted by Crippen LogP contribution is -2.22. The molecule has 2 aromatic rings. The van der Waals surface area contributed by atoms with Gasteiger partial charge in [0.2, 0.25) is 0 Å². The van der Waals surface area contributed by atoms with Gasteiger partial charge in [0, 0.05) is 39.1 Å². The molecule has 0 amide bonds. The van der Waals surface area contributed by atoms with E-state index in [1.807, 2.05) is 25.4 Å².